The van der Waals surface area contributed by atoms with Crippen LogP contribution in [0.15, 0.2) is 18.3 Å². The highest BCUT2D eigenvalue weighted by molar-refractivity contribution is 5.04. The van der Waals surface area contributed by atoms with E-state index in [1.165, 1.54) is 5.69 Å². The molecule has 2 heteroatoms. The van der Waals surface area contributed by atoms with Gasteiger partial charge in [0.1, 0.15) is 6.23 Å². The second kappa shape index (κ2) is 3.58. The number of hydrogen-bond acceptors (Lipinski definition) is 1. The normalized spacial score (nSPS) is 13.4. The van der Waals surface area contributed by atoms with E-state index in [9.17, 15) is 0 Å². The molecule has 0 unspecified atom stereocenters. The fourth-order valence-corrected chi connectivity index (χ4v) is 1.21. The van der Waals surface area contributed by atoms with Gasteiger partial charge in [0, 0.05) is 18.5 Å². The minimum absolute atomic E-state index is 0.162. The van der Waals surface area contributed by atoms with Crippen LogP contribution in [0.25, 0.3) is 0 Å². The highest BCUT2D eigenvalue weighted by atomic mass is 16.5. The minimum Gasteiger partial charge on any atom is -0.359 e. The lowest BCUT2D eigenvalue weighted by atomic mass is 10.5. The number of ether oxygens (including phenoxy) is 1. The van der Waals surface area contributed by atoms with Crippen LogP contribution >= 0.6 is 0 Å². The number of aryl methyl sites for hydroxylation is 1. The van der Waals surface area contributed by atoms with Crippen LogP contribution in [-0.2, 0) is 4.74 Å². The van der Waals surface area contributed by atoms with E-state index in [2.05, 4.69) is 24.5 Å². The molecular weight excluding hydrogens is 138 g/mol. The van der Waals surface area contributed by atoms with Crippen molar-refractivity contribution in [2.24, 2.45) is 0 Å². The lowest BCUT2D eigenvalue weighted by molar-refractivity contribution is 0.0238. The van der Waals surface area contributed by atoms with Crippen LogP contribution in [0, 0.1) is 6.92 Å². The molecule has 0 aromatic carbocycles. The smallest absolute Gasteiger partial charge is 0.130 e. The van der Waals surface area contributed by atoms with Crippen molar-refractivity contribution in [3.63, 3.8) is 0 Å². The van der Waals surface area contributed by atoms with Gasteiger partial charge in [-0.2, -0.15) is 0 Å². The molecule has 11 heavy (non-hydrogen) atoms. The summed E-state index contributed by atoms with van der Waals surface area (Å²) in [5.41, 5.74) is 1.24. The summed E-state index contributed by atoms with van der Waals surface area (Å²) in [5, 5.41) is 0. The molecule has 1 aromatic rings. The molecule has 0 saturated heterocycles. The van der Waals surface area contributed by atoms with E-state index in [1.54, 1.807) is 0 Å². The van der Waals surface area contributed by atoms with Gasteiger partial charge >= 0.3 is 0 Å². The maximum Gasteiger partial charge on any atom is 0.130 e. The van der Waals surface area contributed by atoms with Crippen molar-refractivity contribution >= 4 is 0 Å². The fourth-order valence-electron chi connectivity index (χ4n) is 1.21. The Bertz CT molecular complexity index is 217. The number of aromatic nitrogens is 1. The van der Waals surface area contributed by atoms with Crippen molar-refractivity contribution in [2.75, 3.05) is 6.61 Å². The molecule has 0 amide bonds. The molecule has 1 atom stereocenters. The number of rotatable bonds is 3. The van der Waals surface area contributed by atoms with Crippen molar-refractivity contribution in [2.45, 2.75) is 27.0 Å². The summed E-state index contributed by atoms with van der Waals surface area (Å²) in [6.07, 6.45) is 2.20. The molecule has 1 aromatic heterocycles. The van der Waals surface area contributed by atoms with E-state index < -0.39 is 0 Å². The topological polar surface area (TPSA) is 14.2 Å². The summed E-state index contributed by atoms with van der Waals surface area (Å²) in [4.78, 5) is 0. The molecule has 0 aliphatic heterocycles. The molecule has 1 rings (SSSR count). The van der Waals surface area contributed by atoms with E-state index in [0.29, 0.717) is 0 Å². The quantitative estimate of drug-likeness (QED) is 0.650. The molecule has 62 valence electrons. The van der Waals surface area contributed by atoms with Gasteiger partial charge in [-0.05, 0) is 32.9 Å². The molecule has 0 bridgehead atoms. The summed E-state index contributed by atoms with van der Waals surface area (Å²) in [6, 6.07) is 4.11. The molecule has 0 aliphatic rings. The van der Waals surface area contributed by atoms with Crippen molar-refractivity contribution in [1.29, 1.82) is 0 Å². The first-order valence-corrected chi connectivity index (χ1v) is 4.00. The maximum atomic E-state index is 5.43. The third-order valence-corrected chi connectivity index (χ3v) is 1.79. The zero-order chi connectivity index (χ0) is 8.27. The second-order valence-corrected chi connectivity index (χ2v) is 2.61. The monoisotopic (exact) mass is 153 g/mol. The average Bonchev–Trinajstić information content (AvgIpc) is 2.36. The maximum absolute atomic E-state index is 5.43. The van der Waals surface area contributed by atoms with Gasteiger partial charge in [0.2, 0.25) is 0 Å². The third kappa shape index (κ3) is 1.84. The van der Waals surface area contributed by atoms with Crippen LogP contribution in [0.5, 0.6) is 0 Å². The summed E-state index contributed by atoms with van der Waals surface area (Å²) in [7, 11) is 0. The lowest BCUT2D eigenvalue weighted by Gasteiger charge is -2.15. The molecule has 0 spiro atoms. The molecule has 0 saturated carbocycles. The molecule has 0 aliphatic carbocycles. The van der Waals surface area contributed by atoms with E-state index >= 15 is 0 Å². The van der Waals surface area contributed by atoms with E-state index in [-0.39, 0.29) is 6.23 Å². The SMILES string of the molecule is CCO[C@H](C)n1cccc1C. The molecule has 1 heterocycles. The highest BCUT2D eigenvalue weighted by Gasteiger charge is 2.03. The van der Waals surface area contributed by atoms with Gasteiger partial charge in [-0.3, -0.25) is 0 Å². The number of hydrogen-bond donors (Lipinski definition) is 0. The van der Waals surface area contributed by atoms with Crippen molar-refractivity contribution < 1.29 is 4.74 Å². The fraction of sp³-hybridized carbons (Fsp3) is 0.556. The Morgan fingerprint density at radius 3 is 2.82 bits per heavy atom. The Kier molecular flexibility index (Phi) is 2.71. The summed E-state index contributed by atoms with van der Waals surface area (Å²) >= 11 is 0. The van der Waals surface area contributed by atoms with E-state index in [1.807, 2.05) is 19.2 Å². The predicted octanol–water partition coefficient (Wildman–Crippen LogP) is 2.35. The van der Waals surface area contributed by atoms with Crippen LogP contribution in [0.1, 0.15) is 25.8 Å². The summed E-state index contributed by atoms with van der Waals surface area (Å²) < 4.78 is 7.54. The minimum atomic E-state index is 0.162. The van der Waals surface area contributed by atoms with Crippen LogP contribution in [0.3, 0.4) is 0 Å². The van der Waals surface area contributed by atoms with Crippen molar-refractivity contribution in [3.8, 4) is 0 Å². The van der Waals surface area contributed by atoms with Crippen LogP contribution < -0.4 is 0 Å². The van der Waals surface area contributed by atoms with Gasteiger partial charge < -0.3 is 9.30 Å². The highest BCUT2D eigenvalue weighted by Crippen LogP contribution is 2.11. The van der Waals surface area contributed by atoms with Gasteiger partial charge in [-0.1, -0.05) is 0 Å². The zero-order valence-electron chi connectivity index (χ0n) is 7.37. The van der Waals surface area contributed by atoms with E-state index in [4.69, 9.17) is 4.74 Å². The molecule has 0 radical (unpaired) electrons. The Morgan fingerprint density at radius 2 is 2.36 bits per heavy atom. The third-order valence-electron chi connectivity index (χ3n) is 1.79. The first kappa shape index (κ1) is 8.34. The van der Waals surface area contributed by atoms with Crippen molar-refractivity contribution in [3.05, 3.63) is 24.0 Å². The average molecular weight is 153 g/mol. The first-order valence-electron chi connectivity index (χ1n) is 4.00. The van der Waals surface area contributed by atoms with Gasteiger partial charge in [0.05, 0.1) is 0 Å². The van der Waals surface area contributed by atoms with Gasteiger partial charge in [-0.15, -0.1) is 0 Å². The Balaban J connectivity index is 2.67. The molecular formula is C9H15NO. The Morgan fingerprint density at radius 1 is 1.64 bits per heavy atom. The molecule has 0 N–H and O–H groups in total. The van der Waals surface area contributed by atoms with Gasteiger partial charge in [0.15, 0.2) is 0 Å². The summed E-state index contributed by atoms with van der Waals surface area (Å²) in [5.74, 6) is 0. The lowest BCUT2D eigenvalue weighted by Crippen LogP contribution is -2.09. The van der Waals surface area contributed by atoms with Crippen molar-refractivity contribution in [1.82, 2.24) is 4.57 Å². The predicted molar refractivity (Wildman–Crippen MR) is 45.5 cm³/mol. The Hall–Kier alpha value is -0.760. The molecule has 2 nitrogen and oxygen atoms in total. The van der Waals surface area contributed by atoms with E-state index in [0.717, 1.165) is 6.61 Å². The zero-order valence-corrected chi connectivity index (χ0v) is 7.37. The van der Waals surface area contributed by atoms with Gasteiger partial charge in [0.25, 0.3) is 0 Å². The second-order valence-electron chi connectivity index (χ2n) is 2.61. The van der Waals surface area contributed by atoms with Crippen LogP contribution in [0.4, 0.5) is 0 Å². The number of nitrogens with zero attached hydrogens (tertiary/aromatic N) is 1. The van der Waals surface area contributed by atoms with Crippen LogP contribution in [0.2, 0.25) is 0 Å². The van der Waals surface area contributed by atoms with Gasteiger partial charge in [-0.25, -0.2) is 0 Å². The summed E-state index contributed by atoms with van der Waals surface area (Å²) in [6.45, 7) is 6.90. The largest absolute Gasteiger partial charge is 0.359 e. The first-order chi connectivity index (χ1) is 5.25. The molecule has 0 fully saturated rings. The Labute approximate surface area is 67.8 Å². The van der Waals surface area contributed by atoms with Crippen LogP contribution in [-0.4, -0.2) is 11.2 Å². The standard InChI is InChI=1S/C9H15NO/c1-4-11-9(3)10-7-5-6-8(10)2/h5-7,9H,4H2,1-3H3/t9-/m1/s1.